The van der Waals surface area contributed by atoms with Crippen LogP contribution in [0.1, 0.15) is 64.7 Å². The van der Waals surface area contributed by atoms with E-state index in [4.69, 9.17) is 0 Å². The second-order valence-corrected chi connectivity index (χ2v) is 8.18. The molecule has 1 aliphatic carbocycles. The normalized spacial score (nSPS) is 24.3. The first-order valence-electron chi connectivity index (χ1n) is 9.71. The van der Waals surface area contributed by atoms with Crippen LogP contribution in [0.25, 0.3) is 0 Å². The summed E-state index contributed by atoms with van der Waals surface area (Å²) in [5, 5.41) is 20.1. The van der Waals surface area contributed by atoms with E-state index in [-0.39, 0.29) is 35.4 Å². The SMILES string of the molecule is CCCCCC(O)CSC1C(O)CC(=O)C1CC=CCCCC(=O)OC. The average Bonchev–Trinajstić information content (AvgIpc) is 2.89. The third-order valence-corrected chi connectivity index (χ3v) is 6.36. The minimum absolute atomic E-state index is 0.106. The number of unbranched alkanes of at least 4 members (excludes halogenated alkanes) is 3. The highest BCUT2D eigenvalue weighted by molar-refractivity contribution is 8.00. The lowest BCUT2D eigenvalue weighted by molar-refractivity contribution is -0.140. The van der Waals surface area contributed by atoms with Gasteiger partial charge < -0.3 is 14.9 Å². The number of thioether (sulfide) groups is 1. The number of carbonyl (C=O) groups is 2. The number of Topliss-reactive ketones (excluding diaryl/α,β-unsaturated/α-hetero) is 1. The monoisotopic (exact) mass is 386 g/mol. The van der Waals surface area contributed by atoms with Crippen LogP contribution in [0.3, 0.4) is 0 Å². The quantitative estimate of drug-likeness (QED) is 0.287. The maximum atomic E-state index is 12.2. The van der Waals surface area contributed by atoms with Crippen molar-refractivity contribution in [1.29, 1.82) is 0 Å². The van der Waals surface area contributed by atoms with Gasteiger partial charge in [-0.2, -0.15) is 11.8 Å². The first-order chi connectivity index (χ1) is 12.5. The topological polar surface area (TPSA) is 83.8 Å². The first kappa shape index (κ1) is 23.2. The van der Waals surface area contributed by atoms with Crippen molar-refractivity contribution < 1.29 is 24.5 Å². The van der Waals surface area contributed by atoms with Crippen molar-refractivity contribution in [3.05, 3.63) is 12.2 Å². The molecule has 0 aromatic rings. The van der Waals surface area contributed by atoms with E-state index in [9.17, 15) is 19.8 Å². The number of ketones is 1. The van der Waals surface area contributed by atoms with Gasteiger partial charge >= 0.3 is 5.97 Å². The van der Waals surface area contributed by atoms with Gasteiger partial charge in [0.15, 0.2) is 0 Å². The molecule has 0 saturated heterocycles. The molecule has 0 aliphatic heterocycles. The smallest absolute Gasteiger partial charge is 0.305 e. The van der Waals surface area contributed by atoms with E-state index in [0.29, 0.717) is 18.6 Å². The molecule has 150 valence electrons. The fourth-order valence-corrected chi connectivity index (χ4v) is 4.60. The molecule has 1 aliphatic rings. The van der Waals surface area contributed by atoms with E-state index in [1.807, 2.05) is 12.2 Å². The first-order valence-corrected chi connectivity index (χ1v) is 10.8. The fraction of sp³-hybridized carbons (Fsp3) is 0.800. The zero-order chi connectivity index (χ0) is 19.4. The average molecular weight is 387 g/mol. The zero-order valence-electron chi connectivity index (χ0n) is 16.1. The van der Waals surface area contributed by atoms with Crippen LogP contribution in [-0.2, 0) is 14.3 Å². The summed E-state index contributed by atoms with van der Waals surface area (Å²) in [6, 6.07) is 0. The molecule has 0 aromatic carbocycles. The molecule has 0 heterocycles. The molecule has 5 nitrogen and oxygen atoms in total. The molecule has 0 radical (unpaired) electrons. The summed E-state index contributed by atoms with van der Waals surface area (Å²) in [6.07, 6.45) is 9.74. The van der Waals surface area contributed by atoms with Crippen molar-refractivity contribution in [2.75, 3.05) is 12.9 Å². The summed E-state index contributed by atoms with van der Waals surface area (Å²) >= 11 is 1.53. The summed E-state index contributed by atoms with van der Waals surface area (Å²) in [7, 11) is 1.38. The number of allylic oxidation sites excluding steroid dienone is 2. The number of methoxy groups -OCH3 is 1. The van der Waals surface area contributed by atoms with Crippen molar-refractivity contribution in [3.63, 3.8) is 0 Å². The van der Waals surface area contributed by atoms with Gasteiger partial charge in [0.05, 0.1) is 19.3 Å². The Morgan fingerprint density at radius 3 is 2.81 bits per heavy atom. The van der Waals surface area contributed by atoms with Gasteiger partial charge in [-0.3, -0.25) is 9.59 Å². The van der Waals surface area contributed by atoms with E-state index in [1.165, 1.54) is 18.9 Å². The molecule has 1 fully saturated rings. The second-order valence-electron chi connectivity index (χ2n) is 6.97. The standard InChI is InChI=1S/C20H34O5S/c1-3-4-7-10-15(21)14-26-20-16(17(22)13-18(20)23)11-8-5-6-9-12-19(24)25-2/h5,8,15-16,18,20-21,23H,3-4,6-7,9-14H2,1-2H3. The Labute approximate surface area is 161 Å². The Balaban J connectivity index is 2.36. The molecule has 4 atom stereocenters. The fourth-order valence-electron chi connectivity index (χ4n) is 3.18. The highest BCUT2D eigenvalue weighted by Gasteiger charge is 2.41. The number of aliphatic hydroxyl groups excluding tert-OH is 2. The Bertz CT molecular complexity index is 451. The minimum atomic E-state index is -0.618. The van der Waals surface area contributed by atoms with E-state index in [2.05, 4.69) is 11.7 Å². The van der Waals surface area contributed by atoms with Crippen molar-refractivity contribution in [2.45, 2.75) is 82.2 Å². The van der Waals surface area contributed by atoms with Crippen LogP contribution in [0.5, 0.6) is 0 Å². The molecular formula is C20H34O5S. The van der Waals surface area contributed by atoms with Crippen LogP contribution < -0.4 is 0 Å². The summed E-state index contributed by atoms with van der Waals surface area (Å²) < 4.78 is 4.60. The van der Waals surface area contributed by atoms with Gasteiger partial charge in [0.2, 0.25) is 0 Å². The van der Waals surface area contributed by atoms with Crippen LogP contribution in [0, 0.1) is 5.92 Å². The number of rotatable bonds is 13. The van der Waals surface area contributed by atoms with Gasteiger partial charge in [-0.25, -0.2) is 0 Å². The maximum absolute atomic E-state index is 12.2. The molecule has 1 rings (SSSR count). The van der Waals surface area contributed by atoms with Crippen molar-refractivity contribution in [3.8, 4) is 0 Å². The van der Waals surface area contributed by atoms with Crippen LogP contribution in [0.4, 0.5) is 0 Å². The predicted octanol–water partition coefficient (Wildman–Crippen LogP) is 3.27. The van der Waals surface area contributed by atoms with Crippen LogP contribution in [0.15, 0.2) is 12.2 Å². The molecule has 0 spiro atoms. The highest BCUT2D eigenvalue weighted by atomic mass is 32.2. The summed E-state index contributed by atoms with van der Waals surface area (Å²) in [5.41, 5.74) is 0. The molecule has 0 amide bonds. The molecular weight excluding hydrogens is 352 g/mol. The van der Waals surface area contributed by atoms with Gasteiger partial charge in [-0.1, -0.05) is 38.3 Å². The number of aliphatic hydroxyl groups is 2. The van der Waals surface area contributed by atoms with Gasteiger partial charge in [0.1, 0.15) is 5.78 Å². The zero-order valence-corrected chi connectivity index (χ0v) is 16.9. The summed E-state index contributed by atoms with van der Waals surface area (Å²) in [4.78, 5) is 23.2. The van der Waals surface area contributed by atoms with Crippen LogP contribution in [0.2, 0.25) is 0 Å². The number of hydrogen-bond donors (Lipinski definition) is 2. The number of hydrogen-bond acceptors (Lipinski definition) is 6. The maximum Gasteiger partial charge on any atom is 0.305 e. The largest absolute Gasteiger partial charge is 0.469 e. The van der Waals surface area contributed by atoms with Gasteiger partial charge in [-0.05, 0) is 25.7 Å². The number of esters is 1. The highest BCUT2D eigenvalue weighted by Crippen LogP contribution is 2.36. The molecule has 1 saturated carbocycles. The van der Waals surface area contributed by atoms with Gasteiger partial charge in [-0.15, -0.1) is 0 Å². The lowest BCUT2D eigenvalue weighted by atomic mass is 10.0. The molecule has 26 heavy (non-hydrogen) atoms. The minimum Gasteiger partial charge on any atom is -0.469 e. The number of carbonyl (C=O) groups excluding carboxylic acids is 2. The lowest BCUT2D eigenvalue weighted by Crippen LogP contribution is -2.25. The van der Waals surface area contributed by atoms with Crippen molar-refractivity contribution in [1.82, 2.24) is 0 Å². The lowest BCUT2D eigenvalue weighted by Gasteiger charge is -2.21. The molecule has 0 bridgehead atoms. The predicted molar refractivity (Wildman–Crippen MR) is 105 cm³/mol. The molecule has 2 N–H and O–H groups in total. The van der Waals surface area contributed by atoms with E-state index in [0.717, 1.165) is 38.5 Å². The molecule has 0 aromatic heterocycles. The Morgan fingerprint density at radius 2 is 2.12 bits per heavy atom. The van der Waals surface area contributed by atoms with E-state index < -0.39 is 6.10 Å². The summed E-state index contributed by atoms with van der Waals surface area (Å²) in [6.45, 7) is 2.13. The van der Waals surface area contributed by atoms with E-state index >= 15 is 0 Å². The molecule has 4 unspecified atom stereocenters. The van der Waals surface area contributed by atoms with Crippen LogP contribution >= 0.6 is 11.8 Å². The Kier molecular flexibility index (Phi) is 11.9. The Morgan fingerprint density at radius 1 is 1.35 bits per heavy atom. The van der Waals surface area contributed by atoms with Crippen molar-refractivity contribution in [2.24, 2.45) is 5.92 Å². The number of ether oxygens (including phenoxy) is 1. The van der Waals surface area contributed by atoms with E-state index in [1.54, 1.807) is 0 Å². The third kappa shape index (κ3) is 8.69. The summed E-state index contributed by atoms with van der Waals surface area (Å²) in [5.74, 6) is 0.281. The van der Waals surface area contributed by atoms with Crippen LogP contribution in [-0.4, -0.2) is 52.3 Å². The second kappa shape index (κ2) is 13.3. The Hall–Kier alpha value is -0.850. The van der Waals surface area contributed by atoms with Gasteiger partial charge in [0, 0.05) is 29.8 Å². The molecule has 6 heteroatoms. The van der Waals surface area contributed by atoms with Gasteiger partial charge in [0.25, 0.3) is 0 Å². The third-order valence-electron chi connectivity index (χ3n) is 4.76. The van der Waals surface area contributed by atoms with Crippen molar-refractivity contribution >= 4 is 23.5 Å².